The maximum Gasteiger partial charge on any atom is 0.173 e. The molecule has 0 atom stereocenters. The SMILES string of the molecule is CCN(Cc1ccccc1)C(=S)Nc1ccc(Cl)cc1Cl. The fourth-order valence-electron chi connectivity index (χ4n) is 1.92. The fraction of sp³-hybridized carbons (Fsp3) is 0.188. The van der Waals surface area contributed by atoms with Gasteiger partial charge in [0.1, 0.15) is 0 Å². The van der Waals surface area contributed by atoms with Crippen LogP contribution in [0, 0.1) is 0 Å². The van der Waals surface area contributed by atoms with Gasteiger partial charge in [0.05, 0.1) is 10.7 Å². The lowest BCUT2D eigenvalue weighted by Gasteiger charge is -2.24. The molecule has 0 unspecified atom stereocenters. The molecule has 0 amide bonds. The summed E-state index contributed by atoms with van der Waals surface area (Å²) in [5.74, 6) is 0. The Morgan fingerprint density at radius 1 is 1.14 bits per heavy atom. The van der Waals surface area contributed by atoms with Gasteiger partial charge in [-0.2, -0.15) is 0 Å². The minimum atomic E-state index is 0.556. The second-order valence-corrected chi connectivity index (χ2v) is 5.78. The number of thiocarbonyl (C=S) groups is 1. The number of hydrogen-bond acceptors (Lipinski definition) is 1. The van der Waals surface area contributed by atoms with Crippen LogP contribution in [-0.4, -0.2) is 16.6 Å². The zero-order valence-corrected chi connectivity index (χ0v) is 14.0. The molecule has 0 aliphatic rings. The first-order valence-electron chi connectivity index (χ1n) is 6.65. The quantitative estimate of drug-likeness (QED) is 0.770. The molecule has 0 radical (unpaired) electrons. The highest BCUT2D eigenvalue weighted by atomic mass is 35.5. The largest absolute Gasteiger partial charge is 0.345 e. The molecule has 110 valence electrons. The summed E-state index contributed by atoms with van der Waals surface area (Å²) in [5, 5.41) is 4.98. The van der Waals surface area contributed by atoms with E-state index in [1.165, 1.54) is 5.56 Å². The molecule has 0 spiro atoms. The Hall–Kier alpha value is -1.29. The number of rotatable bonds is 4. The number of nitrogens with zero attached hydrogens (tertiary/aromatic N) is 1. The van der Waals surface area contributed by atoms with E-state index < -0.39 is 0 Å². The molecule has 21 heavy (non-hydrogen) atoms. The van der Waals surface area contributed by atoms with Gasteiger partial charge in [0, 0.05) is 18.1 Å². The minimum Gasteiger partial charge on any atom is -0.345 e. The van der Waals surface area contributed by atoms with Gasteiger partial charge in [-0.05, 0) is 42.9 Å². The van der Waals surface area contributed by atoms with Crippen LogP contribution in [0.25, 0.3) is 0 Å². The Balaban J connectivity index is 2.06. The van der Waals surface area contributed by atoms with Crippen molar-refractivity contribution in [3.63, 3.8) is 0 Å². The predicted octanol–water partition coefficient (Wildman–Crippen LogP) is 5.21. The highest BCUT2D eigenvalue weighted by Crippen LogP contribution is 2.25. The van der Waals surface area contributed by atoms with Gasteiger partial charge in [-0.25, -0.2) is 0 Å². The summed E-state index contributed by atoms with van der Waals surface area (Å²) in [6.45, 7) is 3.64. The van der Waals surface area contributed by atoms with Gasteiger partial charge in [0.2, 0.25) is 0 Å². The third kappa shape index (κ3) is 4.60. The zero-order valence-electron chi connectivity index (χ0n) is 11.6. The molecule has 0 aliphatic heterocycles. The maximum atomic E-state index is 6.16. The van der Waals surface area contributed by atoms with Crippen molar-refractivity contribution in [1.82, 2.24) is 4.90 Å². The number of halogens is 2. The summed E-state index contributed by atoms with van der Waals surface area (Å²) in [6, 6.07) is 15.5. The van der Waals surface area contributed by atoms with Crippen molar-refractivity contribution in [2.24, 2.45) is 0 Å². The van der Waals surface area contributed by atoms with Crippen molar-refractivity contribution in [2.45, 2.75) is 13.5 Å². The molecule has 0 saturated carbocycles. The van der Waals surface area contributed by atoms with Crippen LogP contribution in [0.4, 0.5) is 5.69 Å². The second kappa shape index (κ2) is 7.64. The second-order valence-electron chi connectivity index (χ2n) is 4.55. The van der Waals surface area contributed by atoms with Gasteiger partial charge in [-0.3, -0.25) is 0 Å². The summed E-state index contributed by atoms with van der Waals surface area (Å²) in [4.78, 5) is 2.08. The average Bonchev–Trinajstić information content (AvgIpc) is 2.48. The van der Waals surface area contributed by atoms with Crippen molar-refractivity contribution in [2.75, 3.05) is 11.9 Å². The topological polar surface area (TPSA) is 15.3 Å². The van der Waals surface area contributed by atoms with Crippen molar-refractivity contribution >= 4 is 46.2 Å². The normalized spacial score (nSPS) is 10.2. The lowest BCUT2D eigenvalue weighted by atomic mass is 10.2. The zero-order chi connectivity index (χ0) is 15.2. The standard InChI is InChI=1S/C16H16Cl2N2S/c1-2-20(11-12-6-4-3-5-7-12)16(21)19-15-9-8-13(17)10-14(15)18/h3-10H,2,11H2,1H3,(H,19,21). The third-order valence-electron chi connectivity index (χ3n) is 3.06. The van der Waals surface area contributed by atoms with E-state index in [1.807, 2.05) is 24.3 Å². The smallest absolute Gasteiger partial charge is 0.173 e. The summed E-state index contributed by atoms with van der Waals surface area (Å²) in [6.07, 6.45) is 0. The van der Waals surface area contributed by atoms with Crippen LogP contribution in [0.2, 0.25) is 10.0 Å². The molecule has 0 fully saturated rings. The first kappa shape index (κ1) is 16.1. The average molecular weight is 339 g/mol. The summed E-state index contributed by atoms with van der Waals surface area (Å²) < 4.78 is 0. The monoisotopic (exact) mass is 338 g/mol. The Bertz CT molecular complexity index is 617. The molecule has 1 N–H and O–H groups in total. The van der Waals surface area contributed by atoms with Crippen molar-refractivity contribution in [1.29, 1.82) is 0 Å². The lowest BCUT2D eigenvalue weighted by molar-refractivity contribution is 0.442. The number of anilines is 1. The summed E-state index contributed by atoms with van der Waals surface area (Å²) >= 11 is 17.5. The fourth-order valence-corrected chi connectivity index (χ4v) is 2.68. The van der Waals surface area contributed by atoms with Crippen LogP contribution in [0.15, 0.2) is 48.5 Å². The Morgan fingerprint density at radius 3 is 2.48 bits per heavy atom. The number of hydrogen-bond donors (Lipinski definition) is 1. The van der Waals surface area contributed by atoms with Gasteiger partial charge in [-0.15, -0.1) is 0 Å². The molecule has 0 aromatic heterocycles. The Labute approximate surface area is 140 Å². The molecule has 0 bridgehead atoms. The van der Waals surface area contributed by atoms with Gasteiger partial charge in [-0.1, -0.05) is 53.5 Å². The molecule has 2 aromatic carbocycles. The van der Waals surface area contributed by atoms with Gasteiger partial charge in [0.25, 0.3) is 0 Å². The molecule has 5 heteroatoms. The molecular formula is C16H16Cl2N2S. The van der Waals surface area contributed by atoms with Crippen LogP contribution in [0.5, 0.6) is 0 Å². The van der Waals surface area contributed by atoms with E-state index in [9.17, 15) is 0 Å². The van der Waals surface area contributed by atoms with Crippen LogP contribution in [-0.2, 0) is 6.54 Å². The lowest BCUT2D eigenvalue weighted by Crippen LogP contribution is -2.34. The molecule has 2 rings (SSSR count). The Kier molecular flexibility index (Phi) is 5.85. The molecule has 0 saturated heterocycles. The van der Waals surface area contributed by atoms with E-state index in [0.29, 0.717) is 15.2 Å². The predicted molar refractivity (Wildman–Crippen MR) is 95.2 cm³/mol. The van der Waals surface area contributed by atoms with Gasteiger partial charge >= 0.3 is 0 Å². The van der Waals surface area contributed by atoms with Gasteiger partial charge in [0.15, 0.2) is 5.11 Å². The first-order chi connectivity index (χ1) is 10.1. The van der Waals surface area contributed by atoms with E-state index in [-0.39, 0.29) is 0 Å². The minimum absolute atomic E-state index is 0.556. The maximum absolute atomic E-state index is 6.16. The molecule has 2 nitrogen and oxygen atoms in total. The summed E-state index contributed by atoms with van der Waals surface area (Å²) in [5.41, 5.74) is 1.98. The van der Waals surface area contributed by atoms with Crippen molar-refractivity contribution in [3.8, 4) is 0 Å². The van der Waals surface area contributed by atoms with Crippen LogP contribution in [0.3, 0.4) is 0 Å². The van der Waals surface area contributed by atoms with Crippen LogP contribution >= 0.6 is 35.4 Å². The van der Waals surface area contributed by atoms with E-state index in [4.69, 9.17) is 35.4 Å². The Morgan fingerprint density at radius 2 is 1.86 bits per heavy atom. The van der Waals surface area contributed by atoms with Crippen LogP contribution in [0.1, 0.15) is 12.5 Å². The van der Waals surface area contributed by atoms with Crippen molar-refractivity contribution in [3.05, 3.63) is 64.1 Å². The summed E-state index contributed by atoms with van der Waals surface area (Å²) in [7, 11) is 0. The van der Waals surface area contributed by atoms with E-state index in [0.717, 1.165) is 18.8 Å². The molecular weight excluding hydrogens is 323 g/mol. The molecule has 2 aromatic rings. The number of nitrogens with one attached hydrogen (secondary N) is 1. The van der Waals surface area contributed by atoms with E-state index in [1.54, 1.807) is 12.1 Å². The van der Waals surface area contributed by atoms with Gasteiger partial charge < -0.3 is 10.2 Å². The van der Waals surface area contributed by atoms with E-state index in [2.05, 4.69) is 29.3 Å². The molecule has 0 aliphatic carbocycles. The highest BCUT2D eigenvalue weighted by molar-refractivity contribution is 7.80. The third-order valence-corrected chi connectivity index (χ3v) is 3.97. The van der Waals surface area contributed by atoms with E-state index >= 15 is 0 Å². The van der Waals surface area contributed by atoms with Crippen LogP contribution < -0.4 is 5.32 Å². The van der Waals surface area contributed by atoms with Crippen molar-refractivity contribution < 1.29 is 0 Å². The number of benzene rings is 2. The highest BCUT2D eigenvalue weighted by Gasteiger charge is 2.10. The first-order valence-corrected chi connectivity index (χ1v) is 7.81. The molecule has 0 heterocycles.